The van der Waals surface area contributed by atoms with E-state index in [0.717, 1.165) is 28.3 Å². The lowest BCUT2D eigenvalue weighted by atomic mass is 10.1. The van der Waals surface area contributed by atoms with Crippen LogP contribution in [0.25, 0.3) is 0 Å². The van der Waals surface area contributed by atoms with Gasteiger partial charge < -0.3 is 15.4 Å². The van der Waals surface area contributed by atoms with Gasteiger partial charge in [-0.15, -0.1) is 0 Å². The van der Waals surface area contributed by atoms with E-state index in [1.54, 1.807) is 7.11 Å². The highest BCUT2D eigenvalue weighted by Gasteiger charge is 2.08. The van der Waals surface area contributed by atoms with Gasteiger partial charge in [0.2, 0.25) is 0 Å². The van der Waals surface area contributed by atoms with Crippen LogP contribution in [0.3, 0.4) is 0 Å². The van der Waals surface area contributed by atoms with Crippen molar-refractivity contribution in [3.05, 3.63) is 89.5 Å². The lowest BCUT2D eigenvalue weighted by Crippen LogP contribution is -2.13. The fourth-order valence-electron chi connectivity index (χ4n) is 2.74. The van der Waals surface area contributed by atoms with Gasteiger partial charge in [-0.1, -0.05) is 36.4 Å². The molecule has 0 radical (unpaired) electrons. The molecule has 0 unspecified atom stereocenters. The predicted molar refractivity (Wildman–Crippen MR) is 106 cm³/mol. The molecule has 0 aliphatic rings. The smallest absolute Gasteiger partial charge is 0.255 e. The Morgan fingerprint density at radius 2 is 1.54 bits per heavy atom. The van der Waals surface area contributed by atoms with Crippen molar-refractivity contribution in [2.75, 3.05) is 17.7 Å². The first kappa shape index (κ1) is 17.5. The molecular formula is C22H22N2O2. The van der Waals surface area contributed by atoms with Crippen molar-refractivity contribution < 1.29 is 9.53 Å². The summed E-state index contributed by atoms with van der Waals surface area (Å²) < 4.78 is 5.36. The van der Waals surface area contributed by atoms with Crippen LogP contribution in [0, 0.1) is 6.92 Å². The first-order valence-electron chi connectivity index (χ1n) is 8.50. The highest BCUT2D eigenvalue weighted by Crippen LogP contribution is 2.20. The van der Waals surface area contributed by atoms with E-state index in [0.29, 0.717) is 12.1 Å². The number of carbonyl (C=O) groups is 1. The Hall–Kier alpha value is -3.27. The lowest BCUT2D eigenvalue weighted by molar-refractivity contribution is 0.102. The van der Waals surface area contributed by atoms with Crippen molar-refractivity contribution >= 4 is 17.3 Å². The van der Waals surface area contributed by atoms with E-state index in [2.05, 4.69) is 10.6 Å². The van der Waals surface area contributed by atoms with Crippen LogP contribution < -0.4 is 15.4 Å². The highest BCUT2D eigenvalue weighted by atomic mass is 16.5. The van der Waals surface area contributed by atoms with Crippen LogP contribution in [0.1, 0.15) is 21.5 Å². The molecule has 4 nitrogen and oxygen atoms in total. The van der Waals surface area contributed by atoms with Crippen LogP contribution in [-0.4, -0.2) is 13.0 Å². The number of hydrogen-bond acceptors (Lipinski definition) is 3. The van der Waals surface area contributed by atoms with Gasteiger partial charge >= 0.3 is 0 Å². The number of ether oxygens (including phenoxy) is 1. The Kier molecular flexibility index (Phi) is 5.54. The van der Waals surface area contributed by atoms with E-state index in [1.807, 2.05) is 79.7 Å². The third-order valence-electron chi connectivity index (χ3n) is 4.21. The third-order valence-corrected chi connectivity index (χ3v) is 4.21. The molecule has 0 aromatic heterocycles. The summed E-state index contributed by atoms with van der Waals surface area (Å²) in [4.78, 5) is 12.4. The fourth-order valence-corrected chi connectivity index (χ4v) is 2.74. The normalized spacial score (nSPS) is 10.2. The van der Waals surface area contributed by atoms with Crippen molar-refractivity contribution in [2.45, 2.75) is 13.5 Å². The number of aryl methyl sites for hydroxylation is 1. The Balaban J connectivity index is 1.62. The van der Waals surface area contributed by atoms with Crippen molar-refractivity contribution in [3.8, 4) is 5.75 Å². The van der Waals surface area contributed by atoms with Crippen LogP contribution in [0.15, 0.2) is 72.8 Å². The second-order valence-electron chi connectivity index (χ2n) is 6.01. The standard InChI is InChI=1S/C22H22N2O2/c1-16-7-3-5-9-20(16)22(25)24-19-13-11-18(12-14-19)23-15-17-8-4-6-10-21(17)26-2/h3-14,23H,15H2,1-2H3,(H,24,25). The molecule has 0 saturated heterocycles. The van der Waals surface area contributed by atoms with Crippen LogP contribution >= 0.6 is 0 Å². The lowest BCUT2D eigenvalue weighted by Gasteiger charge is -2.11. The molecule has 1 amide bonds. The molecule has 26 heavy (non-hydrogen) atoms. The van der Waals surface area contributed by atoms with E-state index in [9.17, 15) is 4.79 Å². The summed E-state index contributed by atoms with van der Waals surface area (Å²) in [6.07, 6.45) is 0. The van der Waals surface area contributed by atoms with E-state index in [4.69, 9.17) is 4.74 Å². The van der Waals surface area contributed by atoms with Gasteiger partial charge in [-0.2, -0.15) is 0 Å². The van der Waals surface area contributed by atoms with Crippen LogP contribution in [0.5, 0.6) is 5.75 Å². The molecule has 0 aliphatic heterocycles. The van der Waals surface area contributed by atoms with Crippen molar-refractivity contribution in [1.82, 2.24) is 0 Å². The quantitative estimate of drug-likeness (QED) is 0.669. The zero-order valence-corrected chi connectivity index (χ0v) is 15.0. The number of benzene rings is 3. The van der Waals surface area contributed by atoms with Crippen LogP contribution in [-0.2, 0) is 6.54 Å². The number of anilines is 2. The minimum Gasteiger partial charge on any atom is -0.496 e. The monoisotopic (exact) mass is 346 g/mol. The molecule has 0 spiro atoms. The van der Waals surface area contributed by atoms with Crippen LogP contribution in [0.4, 0.5) is 11.4 Å². The Bertz CT molecular complexity index is 889. The Labute approximate surface area is 153 Å². The highest BCUT2D eigenvalue weighted by molar-refractivity contribution is 6.05. The summed E-state index contributed by atoms with van der Waals surface area (Å²) in [6.45, 7) is 2.60. The minimum atomic E-state index is -0.0992. The van der Waals surface area contributed by atoms with E-state index < -0.39 is 0 Å². The molecule has 0 fully saturated rings. The number of rotatable bonds is 6. The molecule has 0 atom stereocenters. The topological polar surface area (TPSA) is 50.4 Å². The summed E-state index contributed by atoms with van der Waals surface area (Å²) >= 11 is 0. The van der Waals surface area contributed by atoms with Gasteiger partial charge in [-0.05, 0) is 48.9 Å². The predicted octanol–water partition coefficient (Wildman–Crippen LogP) is 4.87. The average molecular weight is 346 g/mol. The molecular weight excluding hydrogens is 324 g/mol. The zero-order valence-electron chi connectivity index (χ0n) is 15.0. The summed E-state index contributed by atoms with van der Waals surface area (Å²) in [5, 5.41) is 6.30. The summed E-state index contributed by atoms with van der Waals surface area (Å²) in [5.41, 5.74) is 4.48. The third kappa shape index (κ3) is 4.22. The molecule has 3 rings (SSSR count). The minimum absolute atomic E-state index is 0.0992. The van der Waals surface area contributed by atoms with Gasteiger partial charge in [0.25, 0.3) is 5.91 Å². The van der Waals surface area contributed by atoms with Gasteiger partial charge in [0.05, 0.1) is 7.11 Å². The number of carbonyl (C=O) groups excluding carboxylic acids is 1. The summed E-state index contributed by atoms with van der Waals surface area (Å²) in [6, 6.07) is 23.1. The van der Waals surface area contributed by atoms with Gasteiger partial charge in [-0.25, -0.2) is 0 Å². The van der Waals surface area contributed by atoms with E-state index in [-0.39, 0.29) is 5.91 Å². The molecule has 0 saturated carbocycles. The largest absolute Gasteiger partial charge is 0.496 e. The molecule has 3 aromatic rings. The average Bonchev–Trinajstić information content (AvgIpc) is 2.68. The molecule has 4 heteroatoms. The molecule has 0 aliphatic carbocycles. The maximum absolute atomic E-state index is 12.4. The van der Waals surface area contributed by atoms with Gasteiger partial charge in [-0.3, -0.25) is 4.79 Å². The number of amides is 1. The van der Waals surface area contributed by atoms with Crippen molar-refractivity contribution in [3.63, 3.8) is 0 Å². The molecule has 0 bridgehead atoms. The maximum atomic E-state index is 12.4. The second-order valence-corrected chi connectivity index (χ2v) is 6.01. The fraction of sp³-hybridized carbons (Fsp3) is 0.136. The molecule has 0 heterocycles. The summed E-state index contributed by atoms with van der Waals surface area (Å²) in [5.74, 6) is 0.764. The molecule has 132 valence electrons. The number of nitrogens with one attached hydrogen (secondary N) is 2. The molecule has 3 aromatic carbocycles. The SMILES string of the molecule is COc1ccccc1CNc1ccc(NC(=O)c2ccccc2C)cc1. The first-order valence-corrected chi connectivity index (χ1v) is 8.50. The Morgan fingerprint density at radius 1 is 0.885 bits per heavy atom. The number of methoxy groups -OCH3 is 1. The van der Waals surface area contributed by atoms with Crippen LogP contribution in [0.2, 0.25) is 0 Å². The van der Waals surface area contributed by atoms with Gasteiger partial charge in [0.15, 0.2) is 0 Å². The number of hydrogen-bond donors (Lipinski definition) is 2. The number of para-hydroxylation sites is 1. The van der Waals surface area contributed by atoms with Gasteiger partial charge in [0, 0.05) is 29.0 Å². The van der Waals surface area contributed by atoms with E-state index >= 15 is 0 Å². The second kappa shape index (κ2) is 8.21. The summed E-state index contributed by atoms with van der Waals surface area (Å²) in [7, 11) is 1.67. The van der Waals surface area contributed by atoms with Gasteiger partial charge in [0.1, 0.15) is 5.75 Å². The Morgan fingerprint density at radius 3 is 2.27 bits per heavy atom. The first-order chi connectivity index (χ1) is 12.7. The zero-order chi connectivity index (χ0) is 18.4. The molecule has 2 N–H and O–H groups in total. The van der Waals surface area contributed by atoms with Crippen molar-refractivity contribution in [2.24, 2.45) is 0 Å². The van der Waals surface area contributed by atoms with Crippen molar-refractivity contribution in [1.29, 1.82) is 0 Å². The maximum Gasteiger partial charge on any atom is 0.255 e. The van der Waals surface area contributed by atoms with E-state index in [1.165, 1.54) is 0 Å².